The molecule has 0 atom stereocenters. The van der Waals surface area contributed by atoms with E-state index >= 15 is 0 Å². The number of carbonyl (C=O) groups is 1. The number of hydrogen-bond donors (Lipinski definition) is 2. The fraction of sp³-hybridized carbons (Fsp3) is 0.214. The Morgan fingerprint density at radius 1 is 1.24 bits per heavy atom. The van der Waals surface area contributed by atoms with Crippen LogP contribution in [0.4, 0.5) is 5.69 Å². The molecule has 6 nitrogen and oxygen atoms in total. The van der Waals surface area contributed by atoms with Crippen LogP contribution in [0.3, 0.4) is 0 Å². The molecule has 0 saturated carbocycles. The van der Waals surface area contributed by atoms with E-state index in [-0.39, 0.29) is 28.6 Å². The zero-order valence-electron chi connectivity index (χ0n) is 11.5. The third kappa shape index (κ3) is 3.32. The van der Waals surface area contributed by atoms with Gasteiger partial charge in [0.2, 0.25) is 0 Å². The summed E-state index contributed by atoms with van der Waals surface area (Å²) < 4.78 is 29.2. The van der Waals surface area contributed by atoms with Crippen molar-refractivity contribution in [2.45, 2.75) is 18.4 Å². The standard InChI is InChI=1S/C14H16N2O4S/c1-2-21(18,19)13-6-4-3-5-11(13)16-14(17)12-8-7-10(9-15)20-12/h3-8H,2,9,15H2,1H3,(H,16,17). The minimum absolute atomic E-state index is 0.0437. The number of carbonyl (C=O) groups excluding carboxylic acids is 1. The molecule has 1 heterocycles. The van der Waals surface area contributed by atoms with E-state index in [1.807, 2.05) is 0 Å². The minimum Gasteiger partial charge on any atom is -0.455 e. The van der Waals surface area contributed by atoms with Gasteiger partial charge < -0.3 is 15.5 Å². The molecule has 0 unspecified atom stereocenters. The number of rotatable bonds is 5. The van der Waals surface area contributed by atoms with Gasteiger partial charge in [0.05, 0.1) is 22.9 Å². The monoisotopic (exact) mass is 308 g/mol. The zero-order valence-corrected chi connectivity index (χ0v) is 12.3. The lowest BCUT2D eigenvalue weighted by molar-refractivity contribution is 0.0995. The van der Waals surface area contributed by atoms with Crippen LogP contribution in [-0.4, -0.2) is 20.1 Å². The quantitative estimate of drug-likeness (QED) is 0.876. The van der Waals surface area contributed by atoms with Crippen molar-refractivity contribution in [1.29, 1.82) is 0 Å². The molecule has 1 aromatic carbocycles. The van der Waals surface area contributed by atoms with Gasteiger partial charge >= 0.3 is 0 Å². The Kier molecular flexibility index (Phi) is 4.44. The van der Waals surface area contributed by atoms with E-state index in [0.717, 1.165) is 0 Å². The van der Waals surface area contributed by atoms with E-state index in [4.69, 9.17) is 10.2 Å². The number of hydrogen-bond acceptors (Lipinski definition) is 5. The van der Waals surface area contributed by atoms with Crippen molar-refractivity contribution >= 4 is 21.4 Å². The first kappa shape index (κ1) is 15.3. The molecule has 0 fully saturated rings. The van der Waals surface area contributed by atoms with Crippen LogP contribution in [0.5, 0.6) is 0 Å². The van der Waals surface area contributed by atoms with Gasteiger partial charge in [0.25, 0.3) is 5.91 Å². The summed E-state index contributed by atoms with van der Waals surface area (Å²) in [6, 6.07) is 9.35. The number of furan rings is 1. The molecule has 0 aliphatic heterocycles. The third-order valence-corrected chi connectivity index (χ3v) is 4.72. The van der Waals surface area contributed by atoms with Gasteiger partial charge in [-0.2, -0.15) is 0 Å². The highest BCUT2D eigenvalue weighted by atomic mass is 32.2. The van der Waals surface area contributed by atoms with E-state index in [1.54, 1.807) is 25.1 Å². The lowest BCUT2D eigenvalue weighted by atomic mass is 10.3. The molecule has 0 aliphatic carbocycles. The van der Waals surface area contributed by atoms with Gasteiger partial charge in [-0.1, -0.05) is 19.1 Å². The van der Waals surface area contributed by atoms with Crippen molar-refractivity contribution in [2.75, 3.05) is 11.1 Å². The molecular weight excluding hydrogens is 292 g/mol. The number of para-hydroxylation sites is 1. The SMILES string of the molecule is CCS(=O)(=O)c1ccccc1NC(=O)c1ccc(CN)o1. The van der Waals surface area contributed by atoms with Crippen molar-refractivity contribution in [2.24, 2.45) is 5.73 Å². The number of amides is 1. The van der Waals surface area contributed by atoms with Gasteiger partial charge in [-0.15, -0.1) is 0 Å². The molecule has 0 radical (unpaired) electrons. The van der Waals surface area contributed by atoms with Gasteiger partial charge in [-0.05, 0) is 24.3 Å². The summed E-state index contributed by atoms with van der Waals surface area (Å²) in [4.78, 5) is 12.2. The number of nitrogens with two attached hydrogens (primary N) is 1. The second kappa shape index (κ2) is 6.11. The third-order valence-electron chi connectivity index (χ3n) is 2.94. The fourth-order valence-electron chi connectivity index (χ4n) is 1.79. The second-order valence-corrected chi connectivity index (χ2v) is 6.57. The second-order valence-electron chi connectivity index (χ2n) is 4.32. The summed E-state index contributed by atoms with van der Waals surface area (Å²) in [7, 11) is -3.42. The number of benzene rings is 1. The summed E-state index contributed by atoms with van der Waals surface area (Å²) in [6.07, 6.45) is 0. The van der Waals surface area contributed by atoms with Crippen LogP contribution in [0.25, 0.3) is 0 Å². The predicted octanol–water partition coefficient (Wildman–Crippen LogP) is 1.78. The van der Waals surface area contributed by atoms with Gasteiger partial charge in [-0.3, -0.25) is 4.79 Å². The first-order valence-corrected chi connectivity index (χ1v) is 8.05. The largest absolute Gasteiger partial charge is 0.455 e. The Hall–Kier alpha value is -2.12. The number of anilines is 1. The lowest BCUT2D eigenvalue weighted by Gasteiger charge is -2.09. The van der Waals surface area contributed by atoms with E-state index in [9.17, 15) is 13.2 Å². The highest BCUT2D eigenvalue weighted by molar-refractivity contribution is 7.91. The van der Waals surface area contributed by atoms with Crippen molar-refractivity contribution in [1.82, 2.24) is 0 Å². The van der Waals surface area contributed by atoms with Gasteiger partial charge in [0.15, 0.2) is 15.6 Å². The molecule has 0 bridgehead atoms. The van der Waals surface area contributed by atoms with Crippen LogP contribution in [-0.2, 0) is 16.4 Å². The molecule has 2 aromatic rings. The summed E-state index contributed by atoms with van der Waals surface area (Å²) in [5.41, 5.74) is 5.64. The van der Waals surface area contributed by atoms with Crippen LogP contribution in [0, 0.1) is 0 Å². The minimum atomic E-state index is -3.42. The lowest BCUT2D eigenvalue weighted by Crippen LogP contribution is -2.15. The topological polar surface area (TPSA) is 102 Å². The van der Waals surface area contributed by atoms with E-state index in [0.29, 0.717) is 5.76 Å². The Bertz CT molecular complexity index is 750. The normalized spacial score (nSPS) is 11.3. The first-order chi connectivity index (χ1) is 9.97. The maximum absolute atomic E-state index is 12.1. The van der Waals surface area contributed by atoms with Crippen LogP contribution < -0.4 is 11.1 Å². The zero-order chi connectivity index (χ0) is 15.5. The molecule has 3 N–H and O–H groups in total. The smallest absolute Gasteiger partial charge is 0.291 e. The number of nitrogens with one attached hydrogen (secondary N) is 1. The Balaban J connectivity index is 2.30. The highest BCUT2D eigenvalue weighted by Gasteiger charge is 2.19. The summed E-state index contributed by atoms with van der Waals surface area (Å²) in [6.45, 7) is 1.74. The molecule has 0 spiro atoms. The fourth-order valence-corrected chi connectivity index (χ4v) is 2.84. The molecule has 7 heteroatoms. The van der Waals surface area contributed by atoms with Gasteiger partial charge in [0.1, 0.15) is 5.76 Å². The van der Waals surface area contributed by atoms with Crippen LogP contribution in [0.2, 0.25) is 0 Å². The van der Waals surface area contributed by atoms with Crippen LogP contribution in [0.15, 0.2) is 45.7 Å². The molecule has 1 amide bonds. The molecule has 2 rings (SSSR count). The average molecular weight is 308 g/mol. The van der Waals surface area contributed by atoms with Crippen molar-refractivity contribution in [3.63, 3.8) is 0 Å². The summed E-state index contributed by atoms with van der Waals surface area (Å²) in [5.74, 6) is 0.0000269. The van der Waals surface area contributed by atoms with Crippen molar-refractivity contribution in [3.8, 4) is 0 Å². The molecule has 21 heavy (non-hydrogen) atoms. The molecular formula is C14H16N2O4S. The van der Waals surface area contributed by atoms with E-state index in [2.05, 4.69) is 5.32 Å². The first-order valence-electron chi connectivity index (χ1n) is 6.40. The van der Waals surface area contributed by atoms with Gasteiger partial charge in [0, 0.05) is 0 Å². The Morgan fingerprint density at radius 2 is 1.95 bits per heavy atom. The summed E-state index contributed by atoms with van der Waals surface area (Å²) in [5, 5.41) is 2.55. The average Bonchev–Trinajstić information content (AvgIpc) is 2.96. The van der Waals surface area contributed by atoms with Crippen molar-refractivity contribution in [3.05, 3.63) is 47.9 Å². The maximum Gasteiger partial charge on any atom is 0.291 e. The molecule has 0 saturated heterocycles. The highest BCUT2D eigenvalue weighted by Crippen LogP contribution is 2.23. The van der Waals surface area contributed by atoms with E-state index in [1.165, 1.54) is 18.2 Å². The number of sulfone groups is 1. The molecule has 112 valence electrons. The molecule has 0 aliphatic rings. The van der Waals surface area contributed by atoms with Crippen LogP contribution in [0.1, 0.15) is 23.2 Å². The predicted molar refractivity (Wildman–Crippen MR) is 78.7 cm³/mol. The maximum atomic E-state index is 12.1. The Labute approximate surface area is 122 Å². The van der Waals surface area contributed by atoms with Crippen molar-refractivity contribution < 1.29 is 17.6 Å². The van der Waals surface area contributed by atoms with Gasteiger partial charge in [-0.25, -0.2) is 8.42 Å². The van der Waals surface area contributed by atoms with E-state index < -0.39 is 15.7 Å². The Morgan fingerprint density at radius 3 is 2.57 bits per heavy atom. The van der Waals surface area contributed by atoms with Crippen LogP contribution >= 0.6 is 0 Å². The molecule has 1 aromatic heterocycles. The summed E-state index contributed by atoms with van der Waals surface area (Å²) >= 11 is 0.